The number of rotatable bonds is 2. The highest BCUT2D eigenvalue weighted by Gasteiger charge is 2.44. The molecule has 2 aliphatic rings. The van der Waals surface area contributed by atoms with Crippen LogP contribution in [0.15, 0.2) is 18.2 Å². The van der Waals surface area contributed by atoms with E-state index in [2.05, 4.69) is 11.4 Å². The number of Topliss-reactive ketones (excluding diaryl/α,β-unsaturated/α-hetero) is 1. The lowest BCUT2D eigenvalue weighted by Crippen LogP contribution is -2.36. The van der Waals surface area contributed by atoms with Crippen molar-refractivity contribution >= 4 is 17.4 Å². The number of carbonyl (C=O) groups is 2. The lowest BCUT2D eigenvalue weighted by molar-refractivity contribution is -0.118. The first-order chi connectivity index (χ1) is 9.14. The molecule has 1 aliphatic heterocycles. The molecule has 1 saturated carbocycles. The molecule has 5 nitrogen and oxygen atoms in total. The molecule has 1 amide bonds. The number of anilines is 1. The summed E-state index contributed by atoms with van der Waals surface area (Å²) >= 11 is 0. The maximum atomic E-state index is 12.4. The number of fused-ring (bicyclic) bond motifs is 1. The van der Waals surface area contributed by atoms with Gasteiger partial charge in [-0.2, -0.15) is 5.26 Å². The normalized spacial score (nSPS) is 19.2. The Morgan fingerprint density at radius 1 is 1.42 bits per heavy atom. The van der Waals surface area contributed by atoms with Crippen LogP contribution in [0.3, 0.4) is 0 Å². The number of ether oxygens (including phenoxy) is 1. The minimum Gasteiger partial charge on any atom is -0.482 e. The highest BCUT2D eigenvalue weighted by atomic mass is 16.5. The molecule has 0 bridgehead atoms. The fourth-order valence-electron chi connectivity index (χ4n) is 2.42. The quantitative estimate of drug-likeness (QED) is 0.819. The van der Waals surface area contributed by atoms with Gasteiger partial charge in [0.2, 0.25) is 0 Å². The van der Waals surface area contributed by atoms with Crippen molar-refractivity contribution in [2.45, 2.75) is 19.3 Å². The predicted molar refractivity (Wildman–Crippen MR) is 66.8 cm³/mol. The van der Waals surface area contributed by atoms with Gasteiger partial charge >= 0.3 is 0 Å². The Hall–Kier alpha value is -2.35. The third kappa shape index (κ3) is 1.76. The summed E-state index contributed by atoms with van der Waals surface area (Å²) in [6.07, 6.45) is 2.13. The fourth-order valence-corrected chi connectivity index (χ4v) is 2.42. The Morgan fingerprint density at radius 2 is 2.21 bits per heavy atom. The first-order valence-electron chi connectivity index (χ1n) is 6.17. The van der Waals surface area contributed by atoms with Gasteiger partial charge in [0.25, 0.3) is 5.91 Å². The third-order valence-corrected chi connectivity index (χ3v) is 3.73. The van der Waals surface area contributed by atoms with Crippen molar-refractivity contribution in [2.24, 2.45) is 5.41 Å². The Labute approximate surface area is 110 Å². The fraction of sp³-hybridized carbons (Fsp3) is 0.357. The molecule has 1 fully saturated rings. The molecule has 1 aromatic carbocycles. The number of carbonyl (C=O) groups excluding carboxylic acids is 2. The molecule has 19 heavy (non-hydrogen) atoms. The number of nitriles is 1. The molecule has 1 N–H and O–H groups in total. The average molecular weight is 256 g/mol. The molecule has 1 aliphatic carbocycles. The summed E-state index contributed by atoms with van der Waals surface area (Å²) in [5.41, 5.74) is 0.0774. The van der Waals surface area contributed by atoms with Gasteiger partial charge in [0.15, 0.2) is 12.4 Å². The van der Waals surface area contributed by atoms with E-state index < -0.39 is 5.41 Å². The summed E-state index contributed by atoms with van der Waals surface area (Å²) in [7, 11) is 0. The lowest BCUT2D eigenvalue weighted by Gasteiger charge is -2.33. The van der Waals surface area contributed by atoms with Gasteiger partial charge in [0.1, 0.15) is 11.2 Å². The summed E-state index contributed by atoms with van der Waals surface area (Å²) in [6.45, 7) is -0.0115. The van der Waals surface area contributed by atoms with Crippen molar-refractivity contribution in [1.29, 1.82) is 5.26 Å². The first kappa shape index (κ1) is 11.7. The number of ketones is 1. The third-order valence-electron chi connectivity index (χ3n) is 3.73. The maximum absolute atomic E-state index is 12.4. The van der Waals surface area contributed by atoms with E-state index in [4.69, 9.17) is 4.74 Å². The summed E-state index contributed by atoms with van der Waals surface area (Å²) in [4.78, 5) is 23.6. The van der Waals surface area contributed by atoms with E-state index in [1.54, 1.807) is 18.2 Å². The molecule has 1 aromatic rings. The van der Waals surface area contributed by atoms with E-state index >= 15 is 0 Å². The van der Waals surface area contributed by atoms with Crippen LogP contribution in [0.5, 0.6) is 5.75 Å². The second kappa shape index (κ2) is 4.09. The number of hydrogen-bond donors (Lipinski definition) is 1. The van der Waals surface area contributed by atoms with Gasteiger partial charge < -0.3 is 10.1 Å². The van der Waals surface area contributed by atoms with Crippen LogP contribution in [0.4, 0.5) is 5.69 Å². The second-order valence-electron chi connectivity index (χ2n) is 4.92. The Balaban J connectivity index is 1.94. The first-order valence-corrected chi connectivity index (χ1v) is 6.17. The number of nitrogens with zero attached hydrogens (tertiary/aromatic N) is 1. The minimum atomic E-state index is -0.867. The van der Waals surface area contributed by atoms with Crippen LogP contribution in [0.25, 0.3) is 0 Å². The van der Waals surface area contributed by atoms with Crippen LogP contribution in [0.1, 0.15) is 29.6 Å². The highest BCUT2D eigenvalue weighted by molar-refractivity contribution is 6.05. The van der Waals surface area contributed by atoms with Gasteiger partial charge in [0.05, 0.1) is 11.8 Å². The van der Waals surface area contributed by atoms with Crippen molar-refractivity contribution in [3.05, 3.63) is 23.8 Å². The van der Waals surface area contributed by atoms with Gasteiger partial charge in [0, 0.05) is 5.56 Å². The van der Waals surface area contributed by atoms with Gasteiger partial charge in [-0.15, -0.1) is 0 Å². The Kier molecular flexibility index (Phi) is 2.53. The Morgan fingerprint density at radius 3 is 2.84 bits per heavy atom. The molecule has 0 unspecified atom stereocenters. The molecule has 96 valence electrons. The summed E-state index contributed by atoms with van der Waals surface area (Å²) < 4.78 is 5.23. The average Bonchev–Trinajstić information content (AvgIpc) is 2.37. The van der Waals surface area contributed by atoms with Crippen molar-refractivity contribution in [2.75, 3.05) is 11.9 Å². The van der Waals surface area contributed by atoms with E-state index in [0.29, 0.717) is 29.8 Å². The second-order valence-corrected chi connectivity index (χ2v) is 4.92. The van der Waals surface area contributed by atoms with Crippen molar-refractivity contribution in [3.63, 3.8) is 0 Å². The maximum Gasteiger partial charge on any atom is 0.262 e. The minimum absolute atomic E-state index is 0.0115. The molecular formula is C14H12N2O3. The van der Waals surface area contributed by atoms with Crippen molar-refractivity contribution in [1.82, 2.24) is 0 Å². The topological polar surface area (TPSA) is 79.2 Å². The monoisotopic (exact) mass is 256 g/mol. The van der Waals surface area contributed by atoms with E-state index in [9.17, 15) is 14.9 Å². The smallest absolute Gasteiger partial charge is 0.262 e. The van der Waals surface area contributed by atoms with Gasteiger partial charge in [-0.05, 0) is 37.5 Å². The standard InChI is InChI=1S/C14H12N2O3/c15-8-14(4-1-5-14)13(18)9-2-3-11-10(6-9)16-12(17)7-19-11/h2-3,6H,1,4-5,7H2,(H,16,17). The van der Waals surface area contributed by atoms with Crippen LogP contribution in [-0.4, -0.2) is 18.3 Å². The van der Waals surface area contributed by atoms with Gasteiger partial charge in [-0.25, -0.2) is 0 Å². The van der Waals surface area contributed by atoms with E-state index in [1.807, 2.05) is 0 Å². The van der Waals surface area contributed by atoms with Crippen molar-refractivity contribution in [3.8, 4) is 11.8 Å². The summed E-state index contributed by atoms with van der Waals surface area (Å²) in [5, 5.41) is 11.8. The molecule has 1 heterocycles. The highest BCUT2D eigenvalue weighted by Crippen LogP contribution is 2.43. The zero-order valence-corrected chi connectivity index (χ0v) is 10.2. The predicted octanol–water partition coefficient (Wildman–Crippen LogP) is 1.89. The van der Waals surface area contributed by atoms with Crippen LogP contribution in [0, 0.1) is 16.7 Å². The zero-order valence-electron chi connectivity index (χ0n) is 10.2. The number of amides is 1. The van der Waals surface area contributed by atoms with E-state index in [0.717, 1.165) is 6.42 Å². The van der Waals surface area contributed by atoms with E-state index in [-0.39, 0.29) is 18.3 Å². The molecule has 0 saturated heterocycles. The molecule has 0 atom stereocenters. The molecule has 5 heteroatoms. The number of hydrogen-bond acceptors (Lipinski definition) is 4. The van der Waals surface area contributed by atoms with Gasteiger partial charge in [-0.3, -0.25) is 9.59 Å². The largest absolute Gasteiger partial charge is 0.482 e. The van der Waals surface area contributed by atoms with E-state index in [1.165, 1.54) is 0 Å². The Bertz CT molecular complexity index is 612. The molecular weight excluding hydrogens is 244 g/mol. The summed E-state index contributed by atoms with van der Waals surface area (Å²) in [6, 6.07) is 7.03. The van der Waals surface area contributed by atoms with Crippen LogP contribution < -0.4 is 10.1 Å². The summed E-state index contributed by atoms with van der Waals surface area (Å²) in [5.74, 6) is 0.148. The SMILES string of the molecule is N#CC1(C(=O)c2ccc3c(c2)NC(=O)CO3)CCC1. The molecule has 3 rings (SSSR count). The molecule has 0 aromatic heterocycles. The lowest BCUT2D eigenvalue weighted by atomic mass is 9.65. The molecule has 0 radical (unpaired) electrons. The number of nitrogens with one attached hydrogen (secondary N) is 1. The molecule has 0 spiro atoms. The van der Waals surface area contributed by atoms with Gasteiger partial charge in [-0.1, -0.05) is 0 Å². The van der Waals surface area contributed by atoms with Crippen molar-refractivity contribution < 1.29 is 14.3 Å². The number of benzene rings is 1. The van der Waals surface area contributed by atoms with Crippen LogP contribution >= 0.6 is 0 Å². The zero-order chi connectivity index (χ0) is 13.5. The van der Waals surface area contributed by atoms with Crippen LogP contribution in [-0.2, 0) is 4.79 Å². The van der Waals surface area contributed by atoms with Crippen LogP contribution in [0.2, 0.25) is 0 Å².